The Bertz CT molecular complexity index is 551. The highest BCUT2D eigenvalue weighted by atomic mass is 19.4. The maximum Gasteiger partial charge on any atom is 0.418 e. The van der Waals surface area contributed by atoms with Crippen LogP contribution in [0.5, 0.6) is 0 Å². The van der Waals surface area contributed by atoms with Crippen LogP contribution in [-0.2, 0) is 12.4 Å². The molecule has 0 aliphatic carbocycles. The number of fused-ring (bicyclic) bond motifs is 1. The lowest BCUT2D eigenvalue weighted by molar-refractivity contribution is -0.142. The van der Waals surface area contributed by atoms with Gasteiger partial charge in [-0.15, -0.1) is 0 Å². The molecule has 1 aromatic heterocycles. The SMILES string of the molecule is FC(F)(F)c1cc(C(F)(F)F)c2nc[nH]c2c1. The van der Waals surface area contributed by atoms with Gasteiger partial charge in [0.15, 0.2) is 0 Å². The Morgan fingerprint density at radius 2 is 1.59 bits per heavy atom. The molecule has 1 heterocycles. The number of rotatable bonds is 0. The number of alkyl halides is 6. The highest BCUT2D eigenvalue weighted by molar-refractivity contribution is 5.80. The summed E-state index contributed by atoms with van der Waals surface area (Å²) in [6.45, 7) is 0. The first-order valence-corrected chi connectivity index (χ1v) is 4.31. The minimum Gasteiger partial charge on any atom is -0.345 e. The molecule has 0 atom stereocenters. The van der Waals surface area contributed by atoms with Gasteiger partial charge in [-0.25, -0.2) is 4.98 Å². The fourth-order valence-corrected chi connectivity index (χ4v) is 1.43. The topological polar surface area (TPSA) is 28.7 Å². The zero-order valence-corrected chi connectivity index (χ0v) is 7.95. The third kappa shape index (κ3) is 2.06. The summed E-state index contributed by atoms with van der Waals surface area (Å²) in [7, 11) is 0. The van der Waals surface area contributed by atoms with E-state index in [1.807, 2.05) is 0 Å². The number of benzene rings is 1. The first-order valence-electron chi connectivity index (χ1n) is 4.31. The lowest BCUT2D eigenvalue weighted by Gasteiger charge is -2.11. The van der Waals surface area contributed by atoms with Gasteiger partial charge in [0, 0.05) is 0 Å². The van der Waals surface area contributed by atoms with Gasteiger partial charge in [0.05, 0.1) is 23.0 Å². The molecule has 0 aliphatic heterocycles. The van der Waals surface area contributed by atoms with Gasteiger partial charge in [-0.3, -0.25) is 0 Å². The number of H-pyrrole nitrogens is 1. The van der Waals surface area contributed by atoms with Crippen LogP contribution in [0, 0.1) is 0 Å². The number of aromatic amines is 1. The molecule has 1 aromatic carbocycles. The fraction of sp³-hybridized carbons (Fsp3) is 0.222. The zero-order chi connectivity index (χ0) is 12.8. The smallest absolute Gasteiger partial charge is 0.345 e. The van der Waals surface area contributed by atoms with Crippen LogP contribution < -0.4 is 0 Å². The predicted molar refractivity (Wildman–Crippen MR) is 46.1 cm³/mol. The van der Waals surface area contributed by atoms with E-state index in [4.69, 9.17) is 0 Å². The minimum absolute atomic E-state index is 0.0587. The predicted octanol–water partition coefficient (Wildman–Crippen LogP) is 3.60. The molecule has 0 bridgehead atoms. The van der Waals surface area contributed by atoms with Crippen molar-refractivity contribution in [2.45, 2.75) is 12.4 Å². The van der Waals surface area contributed by atoms with Crippen molar-refractivity contribution in [3.05, 3.63) is 29.6 Å². The Labute approximate surface area is 90.3 Å². The van der Waals surface area contributed by atoms with Crippen molar-refractivity contribution in [1.29, 1.82) is 0 Å². The zero-order valence-electron chi connectivity index (χ0n) is 7.95. The Morgan fingerprint density at radius 3 is 2.12 bits per heavy atom. The number of nitrogens with one attached hydrogen (secondary N) is 1. The third-order valence-electron chi connectivity index (χ3n) is 2.16. The molecule has 0 amide bonds. The summed E-state index contributed by atoms with van der Waals surface area (Å²) < 4.78 is 74.8. The molecule has 2 rings (SSSR count). The van der Waals surface area contributed by atoms with Crippen molar-refractivity contribution in [1.82, 2.24) is 9.97 Å². The molecule has 17 heavy (non-hydrogen) atoms. The summed E-state index contributed by atoms with van der Waals surface area (Å²) in [6.07, 6.45) is -8.80. The van der Waals surface area contributed by atoms with Gasteiger partial charge in [0.1, 0.15) is 5.52 Å². The highest BCUT2D eigenvalue weighted by Crippen LogP contribution is 2.38. The first kappa shape index (κ1) is 11.7. The molecule has 0 unspecified atom stereocenters. The maximum absolute atomic E-state index is 12.5. The lowest BCUT2D eigenvalue weighted by atomic mass is 10.1. The molecule has 0 saturated heterocycles. The Morgan fingerprint density at radius 1 is 0.941 bits per heavy atom. The van der Waals surface area contributed by atoms with E-state index in [0.717, 1.165) is 6.33 Å². The van der Waals surface area contributed by atoms with Crippen molar-refractivity contribution in [2.24, 2.45) is 0 Å². The van der Waals surface area contributed by atoms with E-state index in [0.29, 0.717) is 6.07 Å². The molecule has 8 heteroatoms. The largest absolute Gasteiger partial charge is 0.418 e. The van der Waals surface area contributed by atoms with E-state index < -0.39 is 29.0 Å². The van der Waals surface area contributed by atoms with Crippen LogP contribution in [0.15, 0.2) is 18.5 Å². The molecular formula is C9H4F6N2. The summed E-state index contributed by atoms with van der Waals surface area (Å²) in [5, 5.41) is 0. The second kappa shape index (κ2) is 3.38. The van der Waals surface area contributed by atoms with Crippen LogP contribution in [0.1, 0.15) is 11.1 Å². The van der Waals surface area contributed by atoms with Crippen LogP contribution in [0.3, 0.4) is 0 Å². The maximum atomic E-state index is 12.5. The Kier molecular flexibility index (Phi) is 2.33. The van der Waals surface area contributed by atoms with Crippen LogP contribution in [0.25, 0.3) is 11.0 Å². The molecule has 0 radical (unpaired) electrons. The molecule has 0 aliphatic rings. The third-order valence-corrected chi connectivity index (χ3v) is 2.16. The number of imidazole rings is 1. The van der Waals surface area contributed by atoms with Crippen LogP contribution in [0.2, 0.25) is 0 Å². The van der Waals surface area contributed by atoms with Crippen molar-refractivity contribution in [2.75, 3.05) is 0 Å². The number of hydrogen-bond acceptors (Lipinski definition) is 1. The number of nitrogens with zero attached hydrogens (tertiary/aromatic N) is 1. The van der Waals surface area contributed by atoms with Gasteiger partial charge in [0.2, 0.25) is 0 Å². The molecule has 1 N–H and O–H groups in total. The van der Waals surface area contributed by atoms with Gasteiger partial charge in [-0.1, -0.05) is 0 Å². The summed E-state index contributed by atoms with van der Waals surface area (Å²) >= 11 is 0. The van der Waals surface area contributed by atoms with Crippen molar-refractivity contribution in [3.8, 4) is 0 Å². The molecule has 0 saturated carbocycles. The minimum atomic E-state index is -4.88. The van der Waals surface area contributed by atoms with E-state index in [1.165, 1.54) is 0 Å². The Hall–Kier alpha value is -1.73. The van der Waals surface area contributed by atoms with Crippen LogP contribution >= 0.6 is 0 Å². The van der Waals surface area contributed by atoms with Crippen molar-refractivity contribution >= 4 is 11.0 Å². The van der Waals surface area contributed by atoms with Gasteiger partial charge in [-0.2, -0.15) is 26.3 Å². The Balaban J connectivity index is 2.76. The molecule has 92 valence electrons. The van der Waals surface area contributed by atoms with Crippen LogP contribution in [0.4, 0.5) is 26.3 Å². The van der Waals surface area contributed by atoms with Gasteiger partial charge < -0.3 is 4.98 Å². The number of halogens is 6. The average molecular weight is 254 g/mol. The van der Waals surface area contributed by atoms with Crippen LogP contribution in [-0.4, -0.2) is 9.97 Å². The molecular weight excluding hydrogens is 250 g/mol. The summed E-state index contributed by atoms with van der Waals surface area (Å²) in [5.74, 6) is 0. The monoisotopic (exact) mass is 254 g/mol. The summed E-state index contributed by atoms with van der Waals surface area (Å²) in [5.41, 5.74) is -3.58. The van der Waals surface area contributed by atoms with E-state index in [2.05, 4.69) is 9.97 Å². The fourth-order valence-electron chi connectivity index (χ4n) is 1.43. The summed E-state index contributed by atoms with van der Waals surface area (Å²) in [6, 6.07) is 0.654. The van der Waals surface area contributed by atoms with Crippen molar-refractivity contribution < 1.29 is 26.3 Å². The molecule has 0 spiro atoms. The number of aromatic nitrogens is 2. The standard InChI is InChI=1S/C9H4F6N2/c10-8(11,12)4-1-5(9(13,14)15)7-6(2-4)16-3-17-7/h1-3H,(H,16,17). The summed E-state index contributed by atoms with van der Waals surface area (Å²) in [4.78, 5) is 5.60. The van der Waals surface area contributed by atoms with Crippen molar-refractivity contribution in [3.63, 3.8) is 0 Å². The second-order valence-corrected chi connectivity index (χ2v) is 3.32. The number of hydrogen-bond donors (Lipinski definition) is 1. The van der Waals surface area contributed by atoms with Gasteiger partial charge in [-0.05, 0) is 12.1 Å². The molecule has 2 nitrogen and oxygen atoms in total. The van der Waals surface area contributed by atoms with E-state index >= 15 is 0 Å². The van der Waals surface area contributed by atoms with Gasteiger partial charge >= 0.3 is 12.4 Å². The molecule has 0 fully saturated rings. The van der Waals surface area contributed by atoms with Gasteiger partial charge in [0.25, 0.3) is 0 Å². The quantitative estimate of drug-likeness (QED) is 0.715. The van der Waals surface area contributed by atoms with E-state index in [-0.39, 0.29) is 11.6 Å². The lowest BCUT2D eigenvalue weighted by Crippen LogP contribution is -2.11. The highest BCUT2D eigenvalue weighted by Gasteiger charge is 2.38. The van der Waals surface area contributed by atoms with E-state index in [9.17, 15) is 26.3 Å². The first-order chi connectivity index (χ1) is 7.69. The van der Waals surface area contributed by atoms with E-state index in [1.54, 1.807) is 0 Å². The normalized spacial score (nSPS) is 13.3. The average Bonchev–Trinajstić information content (AvgIpc) is 2.59. The second-order valence-electron chi connectivity index (χ2n) is 3.32. The molecule has 2 aromatic rings.